The van der Waals surface area contributed by atoms with Crippen LogP contribution in [0.3, 0.4) is 0 Å². The Kier molecular flexibility index (Phi) is 9.66. The topological polar surface area (TPSA) is 135 Å². The number of hydrogen-bond acceptors (Lipinski definition) is 8. The molecular formula is C26H45ClN6O3. The van der Waals surface area contributed by atoms with Gasteiger partial charge in [-0.2, -0.15) is 0 Å². The molecule has 1 spiro atoms. The zero-order valence-electron chi connectivity index (χ0n) is 21.7. The first-order chi connectivity index (χ1) is 17.3. The van der Waals surface area contributed by atoms with Crippen LogP contribution in [-0.2, 0) is 14.3 Å². The Bertz CT molecular complexity index is 782. The normalized spacial score (nSPS) is 32.7. The van der Waals surface area contributed by atoms with Gasteiger partial charge >= 0.3 is 5.97 Å². The van der Waals surface area contributed by atoms with Crippen molar-refractivity contribution < 1.29 is 14.3 Å². The SMILES string of the molecule is COC(=O)C1CCN(C2CCNCC2NC(=O)C(C(N)N)C2CC3(CCCCC3)CC(Cl)C=N2)CC1. The predicted octanol–water partition coefficient (Wildman–Crippen LogP) is 1.37. The second-order valence-corrected chi connectivity index (χ2v) is 12.0. The van der Waals surface area contributed by atoms with Gasteiger partial charge in [0, 0.05) is 18.8 Å². The monoisotopic (exact) mass is 524 g/mol. The van der Waals surface area contributed by atoms with Crippen molar-refractivity contribution in [2.45, 2.75) is 93.9 Å². The Morgan fingerprint density at radius 2 is 1.89 bits per heavy atom. The Balaban J connectivity index is 1.44. The van der Waals surface area contributed by atoms with Crippen molar-refractivity contribution in [3.63, 3.8) is 0 Å². The number of carbonyl (C=O) groups excluding carboxylic acids is 2. The largest absolute Gasteiger partial charge is 0.469 e. The first-order valence-corrected chi connectivity index (χ1v) is 14.3. The number of ether oxygens (including phenoxy) is 1. The van der Waals surface area contributed by atoms with Gasteiger partial charge in [0.15, 0.2) is 0 Å². The van der Waals surface area contributed by atoms with E-state index in [0.29, 0.717) is 6.54 Å². The van der Waals surface area contributed by atoms with E-state index in [-0.39, 0.29) is 46.7 Å². The fourth-order valence-corrected chi connectivity index (χ4v) is 7.52. The molecule has 1 amide bonds. The van der Waals surface area contributed by atoms with Gasteiger partial charge in [0.2, 0.25) is 5.91 Å². The lowest BCUT2D eigenvalue weighted by atomic mass is 9.66. The van der Waals surface area contributed by atoms with E-state index < -0.39 is 12.1 Å². The summed E-state index contributed by atoms with van der Waals surface area (Å²) >= 11 is 6.62. The molecule has 9 nitrogen and oxygen atoms in total. The number of esters is 1. The third-order valence-electron chi connectivity index (χ3n) is 9.06. The molecule has 0 radical (unpaired) electrons. The lowest BCUT2D eigenvalue weighted by molar-refractivity contribution is -0.147. The molecule has 3 aliphatic heterocycles. The summed E-state index contributed by atoms with van der Waals surface area (Å²) in [6.07, 6.45) is 11.1. The quantitative estimate of drug-likeness (QED) is 0.234. The van der Waals surface area contributed by atoms with Gasteiger partial charge in [-0.3, -0.25) is 19.5 Å². The third kappa shape index (κ3) is 6.59. The van der Waals surface area contributed by atoms with E-state index in [1.165, 1.54) is 26.4 Å². The van der Waals surface area contributed by atoms with Gasteiger partial charge in [-0.05, 0) is 70.0 Å². The predicted molar refractivity (Wildman–Crippen MR) is 142 cm³/mol. The molecule has 1 saturated carbocycles. The summed E-state index contributed by atoms with van der Waals surface area (Å²) in [6, 6.07) is -0.114. The molecule has 6 N–H and O–H groups in total. The molecular weight excluding hydrogens is 480 g/mol. The molecule has 0 aromatic rings. The van der Waals surface area contributed by atoms with E-state index in [0.717, 1.165) is 64.6 Å². The highest BCUT2D eigenvalue weighted by atomic mass is 35.5. The van der Waals surface area contributed by atoms with Crippen molar-refractivity contribution in [2.24, 2.45) is 33.7 Å². The van der Waals surface area contributed by atoms with E-state index in [4.69, 9.17) is 32.8 Å². The van der Waals surface area contributed by atoms with Gasteiger partial charge in [-0.25, -0.2) is 0 Å². The molecule has 4 aliphatic rings. The zero-order chi connectivity index (χ0) is 25.7. The van der Waals surface area contributed by atoms with E-state index in [9.17, 15) is 9.59 Å². The van der Waals surface area contributed by atoms with Crippen LogP contribution in [-0.4, -0.2) is 85.9 Å². The molecule has 5 unspecified atom stereocenters. The van der Waals surface area contributed by atoms with Gasteiger partial charge in [-0.1, -0.05) is 19.3 Å². The molecule has 10 heteroatoms. The Morgan fingerprint density at radius 1 is 1.17 bits per heavy atom. The number of amides is 1. The number of nitrogens with two attached hydrogens (primary N) is 2. The highest BCUT2D eigenvalue weighted by Crippen LogP contribution is 2.47. The molecule has 2 saturated heterocycles. The number of methoxy groups -OCH3 is 1. The molecule has 4 rings (SSSR count). The number of nitrogens with zero attached hydrogens (tertiary/aromatic N) is 2. The molecule has 0 bridgehead atoms. The van der Waals surface area contributed by atoms with Crippen LogP contribution in [0.15, 0.2) is 4.99 Å². The van der Waals surface area contributed by atoms with Crippen molar-refractivity contribution in [1.29, 1.82) is 0 Å². The highest BCUT2D eigenvalue weighted by Gasteiger charge is 2.44. The van der Waals surface area contributed by atoms with Crippen molar-refractivity contribution in [3.8, 4) is 0 Å². The van der Waals surface area contributed by atoms with Crippen LogP contribution in [0.2, 0.25) is 0 Å². The van der Waals surface area contributed by atoms with Crippen LogP contribution in [0.5, 0.6) is 0 Å². The Morgan fingerprint density at radius 3 is 2.56 bits per heavy atom. The second kappa shape index (κ2) is 12.5. The van der Waals surface area contributed by atoms with Crippen LogP contribution in [0.1, 0.15) is 64.2 Å². The van der Waals surface area contributed by atoms with E-state index in [1.54, 1.807) is 0 Å². The van der Waals surface area contributed by atoms with Crippen LogP contribution < -0.4 is 22.1 Å². The van der Waals surface area contributed by atoms with Gasteiger partial charge in [0.25, 0.3) is 0 Å². The lowest BCUT2D eigenvalue weighted by Gasteiger charge is -2.44. The number of hydrogen-bond donors (Lipinski definition) is 4. The van der Waals surface area contributed by atoms with E-state index in [1.807, 2.05) is 6.21 Å². The standard InChI is InChI=1S/C26H45ClN6O3/c1-36-25(35)17-6-11-33(12-7-17)21-5-10-30-16-20(21)32-24(34)22(23(28)29)19-14-26(8-3-2-4-9-26)13-18(27)15-31-19/h15,17-23,30H,2-14,16,28-29H2,1H3,(H,32,34). The van der Waals surface area contributed by atoms with Crippen LogP contribution in [0, 0.1) is 17.3 Å². The third-order valence-corrected chi connectivity index (χ3v) is 9.33. The molecule has 204 valence electrons. The first-order valence-electron chi connectivity index (χ1n) is 13.8. The van der Waals surface area contributed by atoms with Gasteiger partial charge in [0.1, 0.15) is 0 Å². The van der Waals surface area contributed by atoms with Gasteiger partial charge in [-0.15, -0.1) is 11.6 Å². The summed E-state index contributed by atoms with van der Waals surface area (Å²) in [5.74, 6) is -0.876. The summed E-state index contributed by atoms with van der Waals surface area (Å²) in [5, 5.41) is 6.62. The number of rotatable bonds is 6. The van der Waals surface area contributed by atoms with Crippen LogP contribution in [0.4, 0.5) is 0 Å². The smallest absolute Gasteiger partial charge is 0.308 e. The van der Waals surface area contributed by atoms with Crippen molar-refractivity contribution in [3.05, 3.63) is 0 Å². The van der Waals surface area contributed by atoms with Gasteiger partial charge in [0.05, 0.1) is 42.6 Å². The fourth-order valence-electron chi connectivity index (χ4n) is 7.13. The molecule has 0 aromatic heterocycles. The number of alkyl halides is 1. The molecule has 3 heterocycles. The number of carbonyl (C=O) groups is 2. The van der Waals surface area contributed by atoms with E-state index >= 15 is 0 Å². The maximum absolute atomic E-state index is 13.7. The molecule has 36 heavy (non-hydrogen) atoms. The summed E-state index contributed by atoms with van der Waals surface area (Å²) in [7, 11) is 1.45. The summed E-state index contributed by atoms with van der Waals surface area (Å²) in [4.78, 5) is 32.9. The zero-order valence-corrected chi connectivity index (χ0v) is 22.4. The summed E-state index contributed by atoms with van der Waals surface area (Å²) in [5.41, 5.74) is 12.6. The highest BCUT2D eigenvalue weighted by molar-refractivity contribution is 6.28. The minimum Gasteiger partial charge on any atom is -0.469 e. The fraction of sp³-hybridized carbons (Fsp3) is 0.885. The summed E-state index contributed by atoms with van der Waals surface area (Å²) in [6.45, 7) is 3.24. The average molecular weight is 525 g/mol. The lowest BCUT2D eigenvalue weighted by Crippen LogP contribution is -2.63. The maximum atomic E-state index is 13.7. The van der Waals surface area contributed by atoms with Crippen LogP contribution >= 0.6 is 11.6 Å². The number of aliphatic imine (C=N–C) groups is 1. The number of likely N-dealkylation sites (tertiary alicyclic amines) is 1. The number of nitrogens with one attached hydrogen (secondary N) is 2. The maximum Gasteiger partial charge on any atom is 0.308 e. The Labute approximate surface area is 220 Å². The number of piperidine rings is 2. The van der Waals surface area contributed by atoms with E-state index in [2.05, 4.69) is 15.5 Å². The average Bonchev–Trinajstić information content (AvgIpc) is 3.02. The number of halogens is 1. The van der Waals surface area contributed by atoms with Crippen molar-refractivity contribution in [1.82, 2.24) is 15.5 Å². The molecule has 1 aliphatic carbocycles. The van der Waals surface area contributed by atoms with Crippen molar-refractivity contribution in [2.75, 3.05) is 33.3 Å². The molecule has 0 aromatic carbocycles. The first kappa shape index (κ1) is 27.8. The Hall–Kier alpha value is -1.26. The molecule has 3 fully saturated rings. The van der Waals surface area contributed by atoms with Gasteiger partial charge < -0.3 is 26.8 Å². The second-order valence-electron chi connectivity index (χ2n) is 11.5. The minimum atomic E-state index is -0.800. The van der Waals surface area contributed by atoms with Crippen LogP contribution in [0.25, 0.3) is 0 Å². The summed E-state index contributed by atoms with van der Waals surface area (Å²) < 4.78 is 4.94. The van der Waals surface area contributed by atoms with Crippen molar-refractivity contribution >= 4 is 29.7 Å². The molecule has 5 atom stereocenters. The minimum absolute atomic E-state index is 0.0356.